The molecule has 3 aliphatic heterocycles. The molecule has 0 unspecified atom stereocenters. The zero-order valence-electron chi connectivity index (χ0n) is 14.7. The lowest BCUT2D eigenvalue weighted by molar-refractivity contribution is -0.126. The van der Waals surface area contributed by atoms with E-state index in [0.717, 1.165) is 28.8 Å². The summed E-state index contributed by atoms with van der Waals surface area (Å²) in [4.78, 5) is 32.8. The van der Waals surface area contributed by atoms with Crippen LogP contribution in [0.2, 0.25) is 0 Å². The predicted octanol–water partition coefficient (Wildman–Crippen LogP) is 2.48. The molecule has 0 atom stereocenters. The fourth-order valence-electron chi connectivity index (χ4n) is 3.54. The van der Waals surface area contributed by atoms with Crippen molar-refractivity contribution in [3.8, 4) is 0 Å². The summed E-state index contributed by atoms with van der Waals surface area (Å²) in [5.74, 6) is 1.18. The highest BCUT2D eigenvalue weighted by molar-refractivity contribution is 6.09. The van der Waals surface area contributed by atoms with E-state index in [2.05, 4.69) is 27.1 Å². The molecule has 0 radical (unpaired) electrons. The largest absolute Gasteiger partial charge is 0.296 e. The van der Waals surface area contributed by atoms with Crippen molar-refractivity contribution in [2.24, 2.45) is 4.99 Å². The third kappa shape index (κ3) is 2.99. The lowest BCUT2D eigenvalue weighted by Crippen LogP contribution is -2.40. The molecule has 0 spiro atoms. The third-order valence-electron chi connectivity index (χ3n) is 4.95. The molecule has 3 aromatic rings. The molecule has 1 amide bonds. The average Bonchev–Trinajstić information content (AvgIpc) is 2.80. The standard InChI is InChI=1S/C21H17N5O/c27-19-11-15-3-1-14(2-4-15)5-8-26(19)21-17-9-16(12-22-13-17)10-18-20(25-21)24-7-6-23-18/h1-4,6-7,9,12-13H,5,8,10-11H2. The van der Waals surface area contributed by atoms with Crippen LogP contribution in [0, 0.1) is 0 Å². The van der Waals surface area contributed by atoms with Crippen molar-refractivity contribution in [3.63, 3.8) is 0 Å². The van der Waals surface area contributed by atoms with E-state index >= 15 is 0 Å². The highest BCUT2D eigenvalue weighted by Crippen LogP contribution is 2.24. The molecule has 0 N–H and O–H groups in total. The van der Waals surface area contributed by atoms with Gasteiger partial charge in [-0.25, -0.2) is 9.98 Å². The Balaban J connectivity index is 1.64. The van der Waals surface area contributed by atoms with Gasteiger partial charge in [0.15, 0.2) is 5.82 Å². The molecule has 0 saturated heterocycles. The molecular formula is C21H17N5O. The van der Waals surface area contributed by atoms with Crippen molar-refractivity contribution in [3.05, 3.63) is 83.1 Å². The molecule has 0 fully saturated rings. The van der Waals surface area contributed by atoms with E-state index in [1.165, 1.54) is 5.56 Å². The van der Waals surface area contributed by atoms with Crippen molar-refractivity contribution in [2.75, 3.05) is 6.54 Å². The summed E-state index contributed by atoms with van der Waals surface area (Å²) in [5, 5.41) is 0. The van der Waals surface area contributed by atoms with Gasteiger partial charge < -0.3 is 0 Å². The number of amides is 1. The average molecular weight is 355 g/mol. The number of aliphatic imine (C=N–C) groups is 1. The number of hydrogen-bond donors (Lipinski definition) is 0. The van der Waals surface area contributed by atoms with Gasteiger partial charge in [-0.15, -0.1) is 0 Å². The Labute approximate surface area is 156 Å². The Morgan fingerprint density at radius 1 is 0.889 bits per heavy atom. The Bertz CT molecular complexity index is 1060. The van der Waals surface area contributed by atoms with Crippen LogP contribution in [0.25, 0.3) is 0 Å². The Morgan fingerprint density at radius 3 is 2.59 bits per heavy atom. The van der Waals surface area contributed by atoms with Gasteiger partial charge in [-0.2, -0.15) is 0 Å². The van der Waals surface area contributed by atoms with Crippen LogP contribution in [0.1, 0.15) is 27.9 Å². The quantitative estimate of drug-likeness (QED) is 0.621. The van der Waals surface area contributed by atoms with Gasteiger partial charge in [-0.3, -0.25) is 19.7 Å². The predicted molar refractivity (Wildman–Crippen MR) is 101 cm³/mol. The molecule has 0 aliphatic carbocycles. The molecule has 3 aliphatic rings. The molecular weight excluding hydrogens is 338 g/mol. The molecule has 2 aromatic heterocycles. The number of fused-ring (bicyclic) bond motifs is 9. The number of carbonyl (C=O) groups is 1. The smallest absolute Gasteiger partial charge is 0.232 e. The fraction of sp³-hybridized carbons (Fsp3) is 0.190. The molecule has 5 heterocycles. The lowest BCUT2D eigenvalue weighted by Gasteiger charge is -2.25. The first-order chi connectivity index (χ1) is 13.3. The molecule has 6 heteroatoms. The first kappa shape index (κ1) is 15.8. The highest BCUT2D eigenvalue weighted by atomic mass is 16.2. The van der Waals surface area contributed by atoms with Crippen LogP contribution in [0.3, 0.4) is 0 Å². The molecule has 0 saturated carbocycles. The topological polar surface area (TPSA) is 71.3 Å². The minimum atomic E-state index is 0.0256. The zero-order chi connectivity index (χ0) is 18.2. The van der Waals surface area contributed by atoms with Crippen molar-refractivity contribution in [1.82, 2.24) is 19.9 Å². The maximum absolute atomic E-state index is 13.1. The number of benzene rings is 1. The summed E-state index contributed by atoms with van der Waals surface area (Å²) in [7, 11) is 0. The second-order valence-electron chi connectivity index (χ2n) is 6.81. The van der Waals surface area contributed by atoms with E-state index in [0.29, 0.717) is 31.0 Å². The van der Waals surface area contributed by atoms with Crippen molar-refractivity contribution < 1.29 is 4.79 Å². The lowest BCUT2D eigenvalue weighted by atomic mass is 10.1. The van der Waals surface area contributed by atoms with Gasteiger partial charge in [-0.05, 0) is 29.2 Å². The summed E-state index contributed by atoms with van der Waals surface area (Å²) in [6.45, 7) is 0.564. The van der Waals surface area contributed by atoms with Crippen LogP contribution in [0.5, 0.6) is 0 Å². The van der Waals surface area contributed by atoms with Crippen LogP contribution < -0.4 is 0 Å². The molecule has 4 bridgehead atoms. The van der Waals surface area contributed by atoms with Gasteiger partial charge in [0, 0.05) is 43.3 Å². The minimum Gasteiger partial charge on any atom is -0.296 e. The summed E-state index contributed by atoms with van der Waals surface area (Å²) in [6.07, 6.45) is 8.62. The zero-order valence-corrected chi connectivity index (χ0v) is 14.7. The molecule has 132 valence electrons. The second-order valence-corrected chi connectivity index (χ2v) is 6.81. The van der Waals surface area contributed by atoms with E-state index in [1.54, 1.807) is 23.5 Å². The van der Waals surface area contributed by atoms with Crippen LogP contribution in [0.15, 0.2) is 60.1 Å². The Hall–Kier alpha value is -3.41. The molecule has 6 rings (SSSR count). The van der Waals surface area contributed by atoms with Crippen LogP contribution >= 0.6 is 0 Å². The van der Waals surface area contributed by atoms with Gasteiger partial charge in [0.25, 0.3) is 0 Å². The highest BCUT2D eigenvalue weighted by Gasteiger charge is 2.25. The second kappa shape index (κ2) is 6.39. The number of nitrogens with zero attached hydrogens (tertiary/aromatic N) is 5. The number of carbonyl (C=O) groups excluding carboxylic acids is 1. The summed E-state index contributed by atoms with van der Waals surface area (Å²) in [5.41, 5.74) is 4.87. The number of aromatic nitrogens is 3. The first-order valence-corrected chi connectivity index (χ1v) is 8.97. The Morgan fingerprint density at radius 2 is 1.70 bits per heavy atom. The SMILES string of the molecule is O=C1Cc2ccc(cc2)CCN1C1=Nc2nccnc2Cc2cncc1c2. The van der Waals surface area contributed by atoms with Crippen LogP contribution in [-0.4, -0.2) is 38.1 Å². The third-order valence-corrected chi connectivity index (χ3v) is 4.95. The number of hydrogen-bond acceptors (Lipinski definition) is 5. The number of pyridine rings is 1. The van der Waals surface area contributed by atoms with Crippen molar-refractivity contribution >= 4 is 17.6 Å². The Kier molecular flexibility index (Phi) is 3.74. The summed E-state index contributed by atoms with van der Waals surface area (Å²) >= 11 is 0. The van der Waals surface area contributed by atoms with E-state index in [1.807, 2.05) is 24.4 Å². The normalized spacial score (nSPS) is 15.8. The van der Waals surface area contributed by atoms with Crippen molar-refractivity contribution in [1.29, 1.82) is 0 Å². The van der Waals surface area contributed by atoms with E-state index in [4.69, 9.17) is 4.99 Å². The van der Waals surface area contributed by atoms with Gasteiger partial charge in [-0.1, -0.05) is 24.3 Å². The fourth-order valence-corrected chi connectivity index (χ4v) is 3.54. The molecule has 1 aromatic carbocycles. The number of amidine groups is 1. The minimum absolute atomic E-state index is 0.0256. The van der Waals surface area contributed by atoms with Crippen molar-refractivity contribution in [2.45, 2.75) is 19.3 Å². The van der Waals surface area contributed by atoms with Gasteiger partial charge in [0.1, 0.15) is 5.84 Å². The first-order valence-electron chi connectivity index (χ1n) is 8.97. The number of rotatable bonds is 0. The van der Waals surface area contributed by atoms with E-state index in [-0.39, 0.29) is 5.91 Å². The van der Waals surface area contributed by atoms with Crippen LogP contribution in [-0.2, 0) is 24.1 Å². The van der Waals surface area contributed by atoms with Gasteiger partial charge in [0.05, 0.1) is 12.1 Å². The van der Waals surface area contributed by atoms with E-state index < -0.39 is 0 Å². The molecule has 6 nitrogen and oxygen atoms in total. The molecule has 27 heavy (non-hydrogen) atoms. The maximum atomic E-state index is 13.1. The van der Waals surface area contributed by atoms with Crippen LogP contribution in [0.4, 0.5) is 5.82 Å². The van der Waals surface area contributed by atoms with Gasteiger partial charge in [0.2, 0.25) is 5.91 Å². The maximum Gasteiger partial charge on any atom is 0.232 e. The van der Waals surface area contributed by atoms with Gasteiger partial charge >= 0.3 is 0 Å². The monoisotopic (exact) mass is 355 g/mol. The van der Waals surface area contributed by atoms with E-state index in [9.17, 15) is 4.79 Å². The summed E-state index contributed by atoms with van der Waals surface area (Å²) in [6, 6.07) is 10.3. The summed E-state index contributed by atoms with van der Waals surface area (Å²) < 4.78 is 0.